The Morgan fingerprint density at radius 2 is 1.38 bits per heavy atom. The van der Waals surface area contributed by atoms with Crippen molar-refractivity contribution in [1.82, 2.24) is 10.2 Å². The Kier molecular flexibility index (Phi) is 10.2. The van der Waals surface area contributed by atoms with Crippen LogP contribution in [-0.2, 0) is 29.1 Å². The quantitative estimate of drug-likeness (QED) is 0.258. The van der Waals surface area contributed by atoms with E-state index in [1.807, 2.05) is 97.1 Å². The van der Waals surface area contributed by atoms with Gasteiger partial charge in [0, 0.05) is 25.1 Å². The second kappa shape index (κ2) is 14.4. The molecule has 4 aromatic carbocycles. The van der Waals surface area contributed by atoms with Gasteiger partial charge in [-0.25, -0.2) is 0 Å². The molecule has 0 radical (unpaired) electrons. The number of benzene rings is 4. The van der Waals surface area contributed by atoms with Crippen LogP contribution in [0.4, 0.5) is 0 Å². The van der Waals surface area contributed by atoms with Gasteiger partial charge in [0.2, 0.25) is 5.91 Å². The van der Waals surface area contributed by atoms with E-state index in [4.69, 9.17) is 14.2 Å². The number of hydrogen-bond acceptors (Lipinski definition) is 5. The zero-order valence-electron chi connectivity index (χ0n) is 22.8. The van der Waals surface area contributed by atoms with Crippen LogP contribution in [0.5, 0.6) is 17.2 Å². The molecule has 40 heavy (non-hydrogen) atoms. The minimum absolute atomic E-state index is 0.203. The summed E-state index contributed by atoms with van der Waals surface area (Å²) in [5.41, 5.74) is 2.65. The molecule has 1 atom stereocenters. The molecule has 0 aliphatic rings. The van der Waals surface area contributed by atoms with Gasteiger partial charge >= 0.3 is 0 Å². The van der Waals surface area contributed by atoms with Crippen molar-refractivity contribution < 1.29 is 23.8 Å². The first-order valence-electron chi connectivity index (χ1n) is 13.1. The summed E-state index contributed by atoms with van der Waals surface area (Å²) in [4.78, 5) is 29.1. The average molecular weight is 539 g/mol. The lowest BCUT2D eigenvalue weighted by Gasteiger charge is -2.31. The van der Waals surface area contributed by atoms with Crippen LogP contribution in [0.15, 0.2) is 109 Å². The van der Waals surface area contributed by atoms with Crippen LogP contribution in [-0.4, -0.2) is 43.6 Å². The van der Waals surface area contributed by atoms with Gasteiger partial charge in [0.25, 0.3) is 5.91 Å². The lowest BCUT2D eigenvalue weighted by molar-refractivity contribution is -0.142. The first kappa shape index (κ1) is 28.2. The van der Waals surface area contributed by atoms with E-state index in [2.05, 4.69) is 5.32 Å². The van der Waals surface area contributed by atoms with E-state index in [9.17, 15) is 9.59 Å². The first-order chi connectivity index (χ1) is 19.6. The highest BCUT2D eigenvalue weighted by Crippen LogP contribution is 2.20. The zero-order chi connectivity index (χ0) is 28.2. The number of methoxy groups -OCH3 is 2. The second-order valence-corrected chi connectivity index (χ2v) is 9.21. The minimum atomic E-state index is -0.786. The number of rotatable bonds is 13. The number of hydrogen-bond donors (Lipinski definition) is 1. The van der Waals surface area contributed by atoms with Crippen LogP contribution in [0.25, 0.3) is 0 Å². The van der Waals surface area contributed by atoms with Crippen molar-refractivity contribution in [3.8, 4) is 17.2 Å². The van der Waals surface area contributed by atoms with E-state index in [-0.39, 0.29) is 31.5 Å². The number of ether oxygens (including phenoxy) is 3. The third kappa shape index (κ3) is 7.86. The van der Waals surface area contributed by atoms with Crippen molar-refractivity contribution >= 4 is 11.8 Å². The number of amides is 2. The Bertz CT molecular complexity index is 1360. The topological polar surface area (TPSA) is 77.1 Å². The van der Waals surface area contributed by atoms with Gasteiger partial charge in [-0.2, -0.15) is 0 Å². The SMILES string of the molecule is COc1ccc(CN(C(=O)COc2ccccc2)[C@@H](Cc2ccccc2)C(=O)NCc2ccccc2OC)cc1. The average Bonchev–Trinajstić information content (AvgIpc) is 3.01. The number of carbonyl (C=O) groups excluding carboxylic acids is 2. The van der Waals surface area contributed by atoms with Crippen LogP contribution < -0.4 is 19.5 Å². The Morgan fingerprint density at radius 3 is 2.05 bits per heavy atom. The third-order valence-electron chi connectivity index (χ3n) is 6.53. The summed E-state index contributed by atoms with van der Waals surface area (Å²) in [5, 5.41) is 3.03. The van der Waals surface area contributed by atoms with Crippen LogP contribution in [0.2, 0.25) is 0 Å². The molecule has 0 aromatic heterocycles. The third-order valence-corrected chi connectivity index (χ3v) is 6.53. The van der Waals surface area contributed by atoms with Gasteiger partial charge in [0.1, 0.15) is 23.3 Å². The Labute approximate surface area is 235 Å². The molecular weight excluding hydrogens is 504 g/mol. The maximum Gasteiger partial charge on any atom is 0.261 e. The molecule has 0 unspecified atom stereocenters. The Morgan fingerprint density at radius 1 is 0.725 bits per heavy atom. The predicted molar refractivity (Wildman–Crippen MR) is 154 cm³/mol. The first-order valence-corrected chi connectivity index (χ1v) is 13.1. The van der Waals surface area contributed by atoms with E-state index < -0.39 is 6.04 Å². The molecule has 0 aliphatic carbocycles. The summed E-state index contributed by atoms with van der Waals surface area (Å²) in [6.07, 6.45) is 0.339. The molecule has 7 nitrogen and oxygen atoms in total. The fourth-order valence-electron chi connectivity index (χ4n) is 4.38. The van der Waals surface area contributed by atoms with Crippen LogP contribution >= 0.6 is 0 Å². The lowest BCUT2D eigenvalue weighted by atomic mass is 10.0. The molecule has 7 heteroatoms. The molecule has 0 saturated heterocycles. The highest BCUT2D eigenvalue weighted by molar-refractivity contribution is 5.88. The van der Waals surface area contributed by atoms with Crippen molar-refractivity contribution in [3.05, 3.63) is 126 Å². The number of nitrogens with one attached hydrogen (secondary N) is 1. The highest BCUT2D eigenvalue weighted by atomic mass is 16.5. The molecule has 0 spiro atoms. The molecule has 4 aromatic rings. The van der Waals surface area contributed by atoms with E-state index in [0.717, 1.165) is 16.7 Å². The Hall–Kier alpha value is -4.78. The lowest BCUT2D eigenvalue weighted by Crippen LogP contribution is -2.51. The number of carbonyl (C=O) groups is 2. The van der Waals surface area contributed by atoms with Crippen molar-refractivity contribution in [2.45, 2.75) is 25.6 Å². The van der Waals surface area contributed by atoms with Gasteiger partial charge in [-0.1, -0.05) is 78.9 Å². The standard InChI is InChI=1S/C33H34N2O5/c1-38-28-19-17-26(18-20-28)23-35(32(36)24-40-29-14-7-4-8-15-29)30(21-25-11-5-3-6-12-25)33(37)34-22-27-13-9-10-16-31(27)39-2/h3-20,30H,21-24H2,1-2H3,(H,34,37)/t30-/m0/s1. The highest BCUT2D eigenvalue weighted by Gasteiger charge is 2.31. The molecule has 2 amide bonds. The number of para-hydroxylation sites is 2. The second-order valence-electron chi connectivity index (χ2n) is 9.21. The fourth-order valence-corrected chi connectivity index (χ4v) is 4.38. The summed E-state index contributed by atoms with van der Waals surface area (Å²) in [6, 6.07) is 33.0. The summed E-state index contributed by atoms with van der Waals surface area (Å²) in [6.45, 7) is 0.283. The zero-order valence-corrected chi connectivity index (χ0v) is 22.8. The predicted octanol–water partition coefficient (Wildman–Crippen LogP) is 5.04. The van der Waals surface area contributed by atoms with Gasteiger partial charge in [-0.3, -0.25) is 9.59 Å². The maximum atomic E-state index is 13.8. The molecule has 0 aliphatic heterocycles. The maximum absolute atomic E-state index is 13.8. The largest absolute Gasteiger partial charge is 0.497 e. The van der Waals surface area contributed by atoms with Gasteiger partial charge in [-0.05, 0) is 41.5 Å². The monoisotopic (exact) mass is 538 g/mol. The minimum Gasteiger partial charge on any atom is -0.497 e. The smallest absolute Gasteiger partial charge is 0.261 e. The van der Waals surface area contributed by atoms with E-state index >= 15 is 0 Å². The molecule has 0 bridgehead atoms. The molecule has 0 saturated carbocycles. The van der Waals surface area contributed by atoms with Crippen molar-refractivity contribution in [1.29, 1.82) is 0 Å². The molecule has 4 rings (SSSR count). The van der Waals surface area contributed by atoms with Crippen molar-refractivity contribution in [3.63, 3.8) is 0 Å². The number of nitrogens with zero attached hydrogens (tertiary/aromatic N) is 1. The molecule has 206 valence electrons. The van der Waals surface area contributed by atoms with Crippen molar-refractivity contribution in [2.75, 3.05) is 20.8 Å². The molecule has 0 fully saturated rings. The van der Waals surface area contributed by atoms with E-state index in [0.29, 0.717) is 23.7 Å². The van der Waals surface area contributed by atoms with E-state index in [1.165, 1.54) is 0 Å². The summed E-state index contributed by atoms with van der Waals surface area (Å²) >= 11 is 0. The van der Waals surface area contributed by atoms with Crippen LogP contribution in [0, 0.1) is 0 Å². The summed E-state index contributed by atoms with van der Waals surface area (Å²) in [5.74, 6) is 1.42. The van der Waals surface area contributed by atoms with Gasteiger partial charge in [-0.15, -0.1) is 0 Å². The van der Waals surface area contributed by atoms with Crippen molar-refractivity contribution in [2.24, 2.45) is 0 Å². The Balaban J connectivity index is 1.62. The van der Waals surface area contributed by atoms with Gasteiger partial charge in [0.15, 0.2) is 6.61 Å². The van der Waals surface area contributed by atoms with Gasteiger partial charge < -0.3 is 24.4 Å². The van der Waals surface area contributed by atoms with Crippen LogP contribution in [0.3, 0.4) is 0 Å². The summed E-state index contributed by atoms with van der Waals surface area (Å²) in [7, 11) is 3.20. The fraction of sp³-hybridized carbons (Fsp3) is 0.212. The van der Waals surface area contributed by atoms with Crippen LogP contribution in [0.1, 0.15) is 16.7 Å². The summed E-state index contributed by atoms with van der Waals surface area (Å²) < 4.78 is 16.5. The molecule has 0 heterocycles. The molecular formula is C33H34N2O5. The van der Waals surface area contributed by atoms with Gasteiger partial charge in [0.05, 0.1) is 14.2 Å². The molecule has 1 N–H and O–H groups in total. The normalized spacial score (nSPS) is 11.2. The van der Waals surface area contributed by atoms with E-state index in [1.54, 1.807) is 31.3 Å².